The second-order valence-corrected chi connectivity index (χ2v) is 7.04. The molecule has 27 heavy (non-hydrogen) atoms. The lowest BCUT2D eigenvalue weighted by Gasteiger charge is -2.08. The van der Waals surface area contributed by atoms with Crippen molar-refractivity contribution in [1.82, 2.24) is 5.16 Å². The highest BCUT2D eigenvalue weighted by atomic mass is 16.5. The molecule has 0 amide bonds. The van der Waals surface area contributed by atoms with Crippen molar-refractivity contribution in [3.63, 3.8) is 0 Å². The number of Topliss-reactive ketones (excluding diaryl/α,β-unsaturated/α-hetero) is 2. The van der Waals surface area contributed by atoms with Crippen molar-refractivity contribution in [2.24, 2.45) is 0 Å². The van der Waals surface area contributed by atoms with Crippen LogP contribution in [-0.4, -0.2) is 23.3 Å². The van der Waals surface area contributed by atoms with Gasteiger partial charge < -0.3 is 14.1 Å². The van der Waals surface area contributed by atoms with Gasteiger partial charge in [0, 0.05) is 6.42 Å². The first-order chi connectivity index (χ1) is 13.0. The Morgan fingerprint density at radius 2 is 1.81 bits per heavy atom. The second-order valence-electron chi connectivity index (χ2n) is 7.04. The van der Waals surface area contributed by atoms with E-state index in [2.05, 4.69) is 5.16 Å². The third-order valence-electron chi connectivity index (χ3n) is 4.60. The molecule has 1 heterocycles. The maximum absolute atomic E-state index is 11.5. The predicted octanol–water partition coefficient (Wildman–Crippen LogP) is 5.03. The summed E-state index contributed by atoms with van der Waals surface area (Å²) >= 11 is 0. The molecule has 3 aromatic rings. The Morgan fingerprint density at radius 3 is 2.59 bits per heavy atom. The van der Waals surface area contributed by atoms with Crippen molar-refractivity contribution in [3.05, 3.63) is 36.0 Å². The molecule has 0 bridgehead atoms. The number of benzene rings is 2. The number of carbonyl (C=O) groups excluding carboxylic acids is 2. The van der Waals surface area contributed by atoms with Gasteiger partial charge in [0.1, 0.15) is 17.3 Å². The summed E-state index contributed by atoms with van der Waals surface area (Å²) in [7, 11) is 0. The van der Waals surface area contributed by atoms with Gasteiger partial charge in [0.2, 0.25) is 0 Å². The number of hydrogen-bond donors (Lipinski definition) is 0. The SMILES string of the molecule is CC(=O)CCCCCCOc1ccc2c(ccc3onc(CC(C)=O)c32)c1. The fourth-order valence-electron chi connectivity index (χ4n) is 3.28. The van der Waals surface area contributed by atoms with Gasteiger partial charge in [0.15, 0.2) is 5.58 Å². The van der Waals surface area contributed by atoms with Crippen molar-refractivity contribution in [2.75, 3.05) is 6.61 Å². The highest BCUT2D eigenvalue weighted by Crippen LogP contribution is 2.31. The van der Waals surface area contributed by atoms with E-state index in [1.54, 1.807) is 13.8 Å². The third-order valence-corrected chi connectivity index (χ3v) is 4.60. The molecule has 0 aliphatic rings. The molecule has 2 aromatic carbocycles. The van der Waals surface area contributed by atoms with E-state index in [0.717, 1.165) is 47.6 Å². The number of aromatic nitrogens is 1. The van der Waals surface area contributed by atoms with Gasteiger partial charge in [-0.25, -0.2) is 0 Å². The van der Waals surface area contributed by atoms with Crippen LogP contribution in [0.1, 0.15) is 51.6 Å². The molecule has 5 nitrogen and oxygen atoms in total. The minimum Gasteiger partial charge on any atom is -0.494 e. The number of unbranched alkanes of at least 4 members (excludes halogenated alkanes) is 3. The largest absolute Gasteiger partial charge is 0.494 e. The average Bonchev–Trinajstić information content (AvgIpc) is 3.03. The first kappa shape index (κ1) is 19.1. The van der Waals surface area contributed by atoms with Gasteiger partial charge >= 0.3 is 0 Å². The van der Waals surface area contributed by atoms with Crippen LogP contribution in [0, 0.1) is 0 Å². The number of hydrogen-bond acceptors (Lipinski definition) is 5. The summed E-state index contributed by atoms with van der Waals surface area (Å²) in [5, 5.41) is 7.01. The Balaban J connectivity index is 1.64. The molecule has 3 rings (SSSR count). The molecule has 1 aromatic heterocycles. The van der Waals surface area contributed by atoms with Crippen LogP contribution in [0.3, 0.4) is 0 Å². The minimum atomic E-state index is 0.0606. The lowest BCUT2D eigenvalue weighted by molar-refractivity contribution is -0.117. The molecule has 0 aliphatic carbocycles. The highest BCUT2D eigenvalue weighted by Gasteiger charge is 2.13. The standard InChI is InChI=1S/C22H25NO4/c1-15(24)7-5-3-4-6-12-26-18-9-10-19-17(14-18)8-11-21-22(19)20(23-27-21)13-16(2)25/h8-11,14H,3-7,12-13H2,1-2H3. The fourth-order valence-corrected chi connectivity index (χ4v) is 3.28. The van der Waals surface area contributed by atoms with Gasteiger partial charge in [-0.2, -0.15) is 0 Å². The Bertz CT molecular complexity index is 958. The molecule has 0 saturated heterocycles. The lowest BCUT2D eigenvalue weighted by atomic mass is 10.0. The molecule has 0 fully saturated rings. The maximum atomic E-state index is 11.5. The third kappa shape index (κ3) is 4.94. The van der Waals surface area contributed by atoms with E-state index < -0.39 is 0 Å². The van der Waals surface area contributed by atoms with Crippen LogP contribution < -0.4 is 4.74 Å². The van der Waals surface area contributed by atoms with Crippen LogP contribution in [0.2, 0.25) is 0 Å². The molecule has 0 aliphatic heterocycles. The van der Waals surface area contributed by atoms with Crippen molar-refractivity contribution >= 4 is 33.3 Å². The number of nitrogens with zero attached hydrogens (tertiary/aromatic N) is 1. The van der Waals surface area contributed by atoms with E-state index in [1.165, 1.54) is 0 Å². The summed E-state index contributed by atoms with van der Waals surface area (Å²) in [6.07, 6.45) is 5.01. The van der Waals surface area contributed by atoms with Gasteiger partial charge in [-0.05, 0) is 61.7 Å². The first-order valence-corrected chi connectivity index (χ1v) is 9.47. The van der Waals surface area contributed by atoms with Crippen LogP contribution in [0.5, 0.6) is 5.75 Å². The predicted molar refractivity (Wildman–Crippen MR) is 105 cm³/mol. The molecular formula is C22H25NO4. The number of rotatable bonds is 10. The normalized spacial score (nSPS) is 11.2. The van der Waals surface area contributed by atoms with E-state index in [4.69, 9.17) is 9.26 Å². The van der Waals surface area contributed by atoms with Crippen LogP contribution >= 0.6 is 0 Å². The van der Waals surface area contributed by atoms with Crippen molar-refractivity contribution in [3.8, 4) is 5.75 Å². The number of fused-ring (bicyclic) bond motifs is 3. The summed E-state index contributed by atoms with van der Waals surface area (Å²) in [6.45, 7) is 3.85. The van der Waals surface area contributed by atoms with Gasteiger partial charge in [0.05, 0.1) is 24.1 Å². The number of ketones is 2. The van der Waals surface area contributed by atoms with Gasteiger partial charge in [-0.3, -0.25) is 4.79 Å². The van der Waals surface area contributed by atoms with Crippen molar-refractivity contribution in [2.45, 2.75) is 52.4 Å². The zero-order chi connectivity index (χ0) is 19.2. The van der Waals surface area contributed by atoms with Gasteiger partial charge in [0.25, 0.3) is 0 Å². The van der Waals surface area contributed by atoms with Crippen LogP contribution in [0.4, 0.5) is 0 Å². The zero-order valence-corrected chi connectivity index (χ0v) is 15.9. The fraction of sp³-hybridized carbons (Fsp3) is 0.409. The molecule has 5 heteroatoms. The Morgan fingerprint density at radius 1 is 1.00 bits per heavy atom. The molecule has 0 radical (unpaired) electrons. The maximum Gasteiger partial charge on any atom is 0.167 e. The van der Waals surface area contributed by atoms with Crippen LogP contribution in [-0.2, 0) is 16.0 Å². The summed E-state index contributed by atoms with van der Waals surface area (Å²) in [4.78, 5) is 22.4. The molecule has 0 atom stereocenters. The smallest absolute Gasteiger partial charge is 0.167 e. The van der Waals surface area contributed by atoms with Crippen LogP contribution in [0.25, 0.3) is 21.7 Å². The number of carbonyl (C=O) groups is 2. The summed E-state index contributed by atoms with van der Waals surface area (Å²) < 4.78 is 11.2. The molecule has 142 valence electrons. The van der Waals surface area contributed by atoms with Crippen molar-refractivity contribution < 1.29 is 18.8 Å². The number of ether oxygens (including phenoxy) is 1. The molecule has 0 unspecified atom stereocenters. The monoisotopic (exact) mass is 367 g/mol. The van der Waals surface area contributed by atoms with Crippen LogP contribution in [0.15, 0.2) is 34.9 Å². The zero-order valence-electron chi connectivity index (χ0n) is 15.9. The molecular weight excluding hydrogens is 342 g/mol. The summed E-state index contributed by atoms with van der Waals surface area (Å²) in [5.41, 5.74) is 1.38. The van der Waals surface area contributed by atoms with Gasteiger partial charge in [-0.15, -0.1) is 0 Å². The van der Waals surface area contributed by atoms with E-state index in [1.807, 2.05) is 30.3 Å². The topological polar surface area (TPSA) is 69.4 Å². The lowest BCUT2D eigenvalue weighted by Crippen LogP contribution is -1.98. The Hall–Kier alpha value is -2.69. The molecule has 0 saturated carbocycles. The van der Waals surface area contributed by atoms with E-state index >= 15 is 0 Å². The van der Waals surface area contributed by atoms with Gasteiger partial charge in [-0.1, -0.05) is 24.1 Å². The quantitative estimate of drug-likeness (QED) is 0.470. The van der Waals surface area contributed by atoms with E-state index in [0.29, 0.717) is 24.3 Å². The first-order valence-electron chi connectivity index (χ1n) is 9.47. The summed E-state index contributed by atoms with van der Waals surface area (Å²) in [6, 6.07) is 9.82. The van der Waals surface area contributed by atoms with E-state index in [-0.39, 0.29) is 18.0 Å². The summed E-state index contributed by atoms with van der Waals surface area (Å²) in [5.74, 6) is 1.15. The Labute approximate surface area is 158 Å². The molecule has 0 spiro atoms. The van der Waals surface area contributed by atoms with Crippen molar-refractivity contribution in [1.29, 1.82) is 0 Å². The minimum absolute atomic E-state index is 0.0606. The van der Waals surface area contributed by atoms with E-state index in [9.17, 15) is 9.59 Å². The second kappa shape index (κ2) is 8.80. The highest BCUT2D eigenvalue weighted by molar-refractivity contribution is 6.08. The average molecular weight is 367 g/mol. The Kier molecular flexibility index (Phi) is 6.22. The molecule has 0 N–H and O–H groups in total.